The van der Waals surface area contributed by atoms with Crippen LogP contribution in [-0.4, -0.2) is 37.0 Å². The lowest BCUT2D eigenvalue weighted by atomic mass is 10.0. The van der Waals surface area contributed by atoms with E-state index >= 15 is 0 Å². The number of carbonyl (C=O) groups excluding carboxylic acids is 1. The zero-order valence-electron chi connectivity index (χ0n) is 9.83. The van der Waals surface area contributed by atoms with Crippen molar-refractivity contribution in [3.63, 3.8) is 0 Å². The molecule has 2 saturated heterocycles. The summed E-state index contributed by atoms with van der Waals surface area (Å²) in [6, 6.07) is 5.36. The van der Waals surface area contributed by atoms with Gasteiger partial charge in [-0.3, -0.25) is 4.79 Å². The van der Waals surface area contributed by atoms with Gasteiger partial charge in [-0.1, -0.05) is 11.6 Å². The molecule has 0 saturated carbocycles. The first kappa shape index (κ1) is 12.5. The Balaban J connectivity index is 1.77. The average molecular weight is 330 g/mol. The van der Waals surface area contributed by atoms with E-state index in [1.807, 2.05) is 4.90 Å². The minimum atomic E-state index is 0.113. The van der Waals surface area contributed by atoms with Gasteiger partial charge < -0.3 is 10.2 Å². The second-order valence-corrected chi connectivity index (χ2v) is 6.28. The van der Waals surface area contributed by atoms with Crippen molar-refractivity contribution in [2.45, 2.75) is 0 Å². The summed E-state index contributed by atoms with van der Waals surface area (Å²) < 4.78 is 0.774. The summed E-state index contributed by atoms with van der Waals surface area (Å²) in [6.45, 7) is 3.82. The molecule has 2 aliphatic rings. The molecule has 0 spiro atoms. The summed E-state index contributed by atoms with van der Waals surface area (Å²) in [4.78, 5) is 14.3. The molecular formula is C13H14BrClN2O. The molecule has 0 bridgehead atoms. The summed E-state index contributed by atoms with van der Waals surface area (Å²) in [5.74, 6) is 1.37. The second kappa shape index (κ2) is 4.83. The van der Waals surface area contributed by atoms with E-state index in [0.29, 0.717) is 22.4 Å². The van der Waals surface area contributed by atoms with E-state index in [-0.39, 0.29) is 5.91 Å². The molecule has 1 aromatic rings. The molecule has 3 nitrogen and oxygen atoms in total. The maximum Gasteiger partial charge on any atom is 0.253 e. The predicted molar refractivity (Wildman–Crippen MR) is 74.9 cm³/mol. The van der Waals surface area contributed by atoms with Gasteiger partial charge in [-0.25, -0.2) is 0 Å². The SMILES string of the molecule is O=C(c1ccc(Cl)c(Br)c1)N1C[C@H]2CNC[C@H]2C1. The number of amides is 1. The van der Waals surface area contributed by atoms with Crippen molar-refractivity contribution in [2.75, 3.05) is 26.2 Å². The Bertz CT molecular complexity index is 482. The predicted octanol–water partition coefficient (Wildman–Crippen LogP) is 2.39. The minimum absolute atomic E-state index is 0.113. The number of likely N-dealkylation sites (tertiary alicyclic amines) is 1. The molecule has 2 atom stereocenters. The van der Waals surface area contributed by atoms with Gasteiger partial charge in [0.15, 0.2) is 0 Å². The number of halogens is 2. The van der Waals surface area contributed by atoms with Crippen LogP contribution < -0.4 is 5.32 Å². The largest absolute Gasteiger partial charge is 0.338 e. The average Bonchev–Trinajstić information content (AvgIpc) is 2.92. The van der Waals surface area contributed by atoms with Gasteiger partial charge >= 0.3 is 0 Å². The molecule has 2 fully saturated rings. The van der Waals surface area contributed by atoms with Gasteiger partial charge in [-0.2, -0.15) is 0 Å². The van der Waals surface area contributed by atoms with Crippen molar-refractivity contribution < 1.29 is 4.79 Å². The molecule has 1 aromatic carbocycles. The summed E-state index contributed by atoms with van der Waals surface area (Å²) in [7, 11) is 0. The minimum Gasteiger partial charge on any atom is -0.338 e. The van der Waals surface area contributed by atoms with E-state index in [2.05, 4.69) is 21.2 Å². The highest BCUT2D eigenvalue weighted by atomic mass is 79.9. The van der Waals surface area contributed by atoms with Gasteiger partial charge in [0.05, 0.1) is 5.02 Å². The Morgan fingerprint density at radius 1 is 1.33 bits per heavy atom. The Morgan fingerprint density at radius 2 is 2.00 bits per heavy atom. The highest BCUT2D eigenvalue weighted by Crippen LogP contribution is 2.29. The Morgan fingerprint density at radius 3 is 2.61 bits per heavy atom. The van der Waals surface area contributed by atoms with Crippen molar-refractivity contribution in [3.8, 4) is 0 Å². The van der Waals surface area contributed by atoms with Crippen molar-refractivity contribution in [1.29, 1.82) is 0 Å². The van der Waals surface area contributed by atoms with Crippen LogP contribution in [0, 0.1) is 11.8 Å². The van der Waals surface area contributed by atoms with E-state index < -0.39 is 0 Å². The normalized spacial score (nSPS) is 26.4. The van der Waals surface area contributed by atoms with Crippen LogP contribution in [0.15, 0.2) is 22.7 Å². The zero-order valence-corrected chi connectivity index (χ0v) is 12.2. The maximum absolute atomic E-state index is 12.4. The fourth-order valence-electron chi connectivity index (χ4n) is 2.83. The molecule has 0 unspecified atom stereocenters. The van der Waals surface area contributed by atoms with Crippen molar-refractivity contribution in [2.24, 2.45) is 11.8 Å². The molecule has 2 aliphatic heterocycles. The lowest BCUT2D eigenvalue weighted by Crippen LogP contribution is -2.31. The van der Waals surface area contributed by atoms with Gasteiger partial charge in [0, 0.05) is 36.2 Å². The molecule has 5 heteroatoms. The van der Waals surface area contributed by atoms with E-state index in [1.165, 1.54) is 0 Å². The van der Waals surface area contributed by atoms with Crippen LogP contribution in [0.25, 0.3) is 0 Å². The number of fused-ring (bicyclic) bond motifs is 1. The highest BCUT2D eigenvalue weighted by Gasteiger charge is 2.38. The molecule has 0 aliphatic carbocycles. The third kappa shape index (κ3) is 2.17. The molecule has 1 amide bonds. The van der Waals surface area contributed by atoms with Crippen LogP contribution >= 0.6 is 27.5 Å². The van der Waals surface area contributed by atoms with Crippen LogP contribution in [0.5, 0.6) is 0 Å². The summed E-state index contributed by atoms with van der Waals surface area (Å²) in [6.07, 6.45) is 0. The molecular weight excluding hydrogens is 316 g/mol. The third-order valence-corrected chi connectivity index (χ3v) is 5.06. The molecule has 3 rings (SSSR count). The number of benzene rings is 1. The van der Waals surface area contributed by atoms with Crippen molar-refractivity contribution >= 4 is 33.4 Å². The van der Waals surface area contributed by atoms with Gasteiger partial charge in [0.25, 0.3) is 5.91 Å². The number of nitrogens with one attached hydrogen (secondary N) is 1. The maximum atomic E-state index is 12.4. The van der Waals surface area contributed by atoms with Crippen LogP contribution in [0.2, 0.25) is 5.02 Å². The van der Waals surface area contributed by atoms with Crippen LogP contribution in [0.4, 0.5) is 0 Å². The Kier molecular flexibility index (Phi) is 3.34. The molecule has 0 radical (unpaired) electrons. The summed E-state index contributed by atoms with van der Waals surface area (Å²) in [5, 5.41) is 4.01. The monoisotopic (exact) mass is 328 g/mol. The van der Waals surface area contributed by atoms with E-state index in [9.17, 15) is 4.79 Å². The molecule has 1 N–H and O–H groups in total. The Labute approximate surface area is 120 Å². The highest BCUT2D eigenvalue weighted by molar-refractivity contribution is 9.10. The fourth-order valence-corrected chi connectivity index (χ4v) is 3.33. The summed E-state index contributed by atoms with van der Waals surface area (Å²) in [5.41, 5.74) is 0.708. The first-order valence-electron chi connectivity index (χ1n) is 6.10. The van der Waals surface area contributed by atoms with Gasteiger partial charge in [-0.15, -0.1) is 0 Å². The van der Waals surface area contributed by atoms with E-state index in [4.69, 9.17) is 11.6 Å². The first-order chi connectivity index (χ1) is 8.65. The molecule has 0 aromatic heterocycles. The van der Waals surface area contributed by atoms with E-state index in [0.717, 1.165) is 30.7 Å². The number of hydrogen-bond donors (Lipinski definition) is 1. The number of carbonyl (C=O) groups is 1. The number of hydrogen-bond acceptors (Lipinski definition) is 2. The molecule has 18 heavy (non-hydrogen) atoms. The lowest BCUT2D eigenvalue weighted by molar-refractivity contribution is 0.0781. The van der Waals surface area contributed by atoms with Gasteiger partial charge in [-0.05, 0) is 46.0 Å². The lowest BCUT2D eigenvalue weighted by Gasteiger charge is -2.17. The Hall–Kier alpha value is -0.580. The van der Waals surface area contributed by atoms with E-state index in [1.54, 1.807) is 18.2 Å². The first-order valence-corrected chi connectivity index (χ1v) is 7.27. The quantitative estimate of drug-likeness (QED) is 0.858. The van der Waals surface area contributed by atoms with Crippen LogP contribution in [0.3, 0.4) is 0 Å². The van der Waals surface area contributed by atoms with Crippen LogP contribution in [0.1, 0.15) is 10.4 Å². The second-order valence-electron chi connectivity index (χ2n) is 5.02. The van der Waals surface area contributed by atoms with Gasteiger partial charge in [0.2, 0.25) is 0 Å². The number of rotatable bonds is 1. The van der Waals surface area contributed by atoms with Gasteiger partial charge in [0.1, 0.15) is 0 Å². The van der Waals surface area contributed by atoms with Crippen molar-refractivity contribution in [1.82, 2.24) is 10.2 Å². The smallest absolute Gasteiger partial charge is 0.253 e. The zero-order chi connectivity index (χ0) is 12.7. The van der Waals surface area contributed by atoms with Crippen molar-refractivity contribution in [3.05, 3.63) is 33.3 Å². The standard InChI is InChI=1S/C13H14BrClN2O/c14-11-3-8(1-2-12(11)15)13(18)17-6-9-4-16-5-10(9)7-17/h1-3,9-10,16H,4-7H2/t9-,10+. The number of nitrogens with zero attached hydrogens (tertiary/aromatic N) is 1. The molecule has 2 heterocycles. The topological polar surface area (TPSA) is 32.3 Å². The van der Waals surface area contributed by atoms with Crippen LogP contribution in [-0.2, 0) is 0 Å². The molecule has 96 valence electrons. The fraction of sp³-hybridized carbons (Fsp3) is 0.462. The summed E-state index contributed by atoms with van der Waals surface area (Å²) >= 11 is 9.30. The third-order valence-electron chi connectivity index (χ3n) is 3.84.